The van der Waals surface area contributed by atoms with Gasteiger partial charge in [-0.15, -0.1) is 0 Å². The molecule has 0 bridgehead atoms. The molecule has 0 aliphatic rings. The fourth-order valence-electron chi connectivity index (χ4n) is 1.93. The number of benzene rings is 1. The summed E-state index contributed by atoms with van der Waals surface area (Å²) in [5.41, 5.74) is 2.59. The fourth-order valence-corrected chi connectivity index (χ4v) is 1.93. The average molecular weight is 285 g/mol. The number of ether oxygens (including phenoxy) is 1. The highest BCUT2D eigenvalue weighted by atomic mass is 16.5. The summed E-state index contributed by atoms with van der Waals surface area (Å²) in [6, 6.07) is 10.5. The molecule has 0 amide bonds. The normalized spacial score (nSPS) is 10.7. The molecule has 0 spiro atoms. The zero-order chi connectivity index (χ0) is 15.1. The third-order valence-corrected chi connectivity index (χ3v) is 3.22. The van der Waals surface area contributed by atoms with E-state index in [9.17, 15) is 0 Å². The quantitative estimate of drug-likeness (QED) is 0.835. The van der Waals surface area contributed by atoms with Crippen molar-refractivity contribution >= 4 is 5.82 Å². The van der Waals surface area contributed by atoms with Gasteiger partial charge in [0.2, 0.25) is 5.88 Å². The SMILES string of the molecule is CCCOc1cc(NCc2ccc(C(C)C)cc2)ncn1. The first-order chi connectivity index (χ1) is 10.2. The van der Waals surface area contributed by atoms with Gasteiger partial charge in [0.25, 0.3) is 0 Å². The predicted molar refractivity (Wildman–Crippen MR) is 85.7 cm³/mol. The van der Waals surface area contributed by atoms with Crippen LogP contribution in [0.1, 0.15) is 44.2 Å². The maximum absolute atomic E-state index is 5.50. The van der Waals surface area contributed by atoms with Gasteiger partial charge in [0, 0.05) is 12.6 Å². The van der Waals surface area contributed by atoms with E-state index >= 15 is 0 Å². The molecule has 0 radical (unpaired) electrons. The van der Waals surface area contributed by atoms with Gasteiger partial charge in [-0.25, -0.2) is 9.97 Å². The number of rotatable bonds is 7. The highest BCUT2D eigenvalue weighted by molar-refractivity contribution is 5.38. The van der Waals surface area contributed by atoms with Crippen molar-refractivity contribution in [3.8, 4) is 5.88 Å². The van der Waals surface area contributed by atoms with Crippen LogP contribution in [0.25, 0.3) is 0 Å². The minimum atomic E-state index is 0.562. The largest absolute Gasteiger partial charge is 0.478 e. The van der Waals surface area contributed by atoms with E-state index in [0.717, 1.165) is 18.8 Å². The third-order valence-electron chi connectivity index (χ3n) is 3.22. The van der Waals surface area contributed by atoms with Crippen LogP contribution in [0, 0.1) is 0 Å². The van der Waals surface area contributed by atoms with E-state index in [1.807, 2.05) is 6.07 Å². The van der Waals surface area contributed by atoms with Crippen molar-refractivity contribution in [1.29, 1.82) is 0 Å². The number of nitrogens with zero attached hydrogens (tertiary/aromatic N) is 2. The molecule has 1 aromatic heterocycles. The molecular weight excluding hydrogens is 262 g/mol. The highest BCUT2D eigenvalue weighted by Crippen LogP contribution is 2.16. The molecule has 0 aliphatic carbocycles. The number of hydrogen-bond acceptors (Lipinski definition) is 4. The molecule has 0 atom stereocenters. The van der Waals surface area contributed by atoms with Crippen molar-refractivity contribution in [3.05, 3.63) is 47.8 Å². The van der Waals surface area contributed by atoms with Gasteiger partial charge < -0.3 is 10.1 Å². The summed E-state index contributed by atoms with van der Waals surface area (Å²) >= 11 is 0. The van der Waals surface area contributed by atoms with Crippen LogP contribution in [0.2, 0.25) is 0 Å². The summed E-state index contributed by atoms with van der Waals surface area (Å²) in [6.45, 7) is 7.88. The predicted octanol–water partition coefficient (Wildman–Crippen LogP) is 4.00. The van der Waals surface area contributed by atoms with Crippen LogP contribution in [0.5, 0.6) is 5.88 Å². The Kier molecular flexibility index (Phi) is 5.55. The van der Waals surface area contributed by atoms with Crippen LogP contribution in [0.4, 0.5) is 5.82 Å². The lowest BCUT2D eigenvalue weighted by molar-refractivity contribution is 0.305. The van der Waals surface area contributed by atoms with Crippen molar-refractivity contribution in [1.82, 2.24) is 9.97 Å². The van der Waals surface area contributed by atoms with Gasteiger partial charge >= 0.3 is 0 Å². The summed E-state index contributed by atoms with van der Waals surface area (Å²) < 4.78 is 5.50. The molecule has 0 saturated heterocycles. The van der Waals surface area contributed by atoms with Gasteiger partial charge in [0.1, 0.15) is 12.1 Å². The summed E-state index contributed by atoms with van der Waals surface area (Å²) in [7, 11) is 0. The molecule has 2 rings (SSSR count). The number of aromatic nitrogens is 2. The van der Waals surface area contributed by atoms with Crippen LogP contribution in [-0.4, -0.2) is 16.6 Å². The molecule has 0 unspecified atom stereocenters. The zero-order valence-electron chi connectivity index (χ0n) is 13.0. The van der Waals surface area contributed by atoms with Crippen LogP contribution < -0.4 is 10.1 Å². The summed E-state index contributed by atoms with van der Waals surface area (Å²) in [5.74, 6) is 1.96. The van der Waals surface area contributed by atoms with Gasteiger partial charge in [0.05, 0.1) is 6.61 Å². The Balaban J connectivity index is 1.93. The van der Waals surface area contributed by atoms with E-state index in [1.54, 1.807) is 0 Å². The molecule has 1 N–H and O–H groups in total. The molecule has 112 valence electrons. The van der Waals surface area contributed by atoms with Crippen molar-refractivity contribution in [2.24, 2.45) is 0 Å². The minimum absolute atomic E-state index is 0.562. The van der Waals surface area contributed by atoms with Gasteiger partial charge in [-0.3, -0.25) is 0 Å². The van der Waals surface area contributed by atoms with E-state index < -0.39 is 0 Å². The Labute approximate surface area is 126 Å². The molecule has 1 aromatic carbocycles. The Hall–Kier alpha value is -2.10. The summed E-state index contributed by atoms with van der Waals surface area (Å²) in [5, 5.41) is 3.30. The topological polar surface area (TPSA) is 47.0 Å². The lowest BCUT2D eigenvalue weighted by Crippen LogP contribution is -2.03. The monoisotopic (exact) mass is 285 g/mol. The molecule has 0 aliphatic heterocycles. The smallest absolute Gasteiger partial charge is 0.218 e. The standard InChI is InChI=1S/C17H23N3O/c1-4-9-21-17-10-16(19-12-20-17)18-11-14-5-7-15(8-6-14)13(2)3/h5-8,10,12-13H,4,9,11H2,1-3H3,(H,18,19,20). The minimum Gasteiger partial charge on any atom is -0.478 e. The van der Waals surface area contributed by atoms with E-state index in [0.29, 0.717) is 18.4 Å². The number of hydrogen-bond donors (Lipinski definition) is 1. The van der Waals surface area contributed by atoms with Crippen molar-refractivity contribution < 1.29 is 4.74 Å². The molecule has 2 aromatic rings. The second kappa shape index (κ2) is 7.62. The van der Waals surface area contributed by atoms with Gasteiger partial charge in [-0.1, -0.05) is 45.0 Å². The molecule has 0 saturated carbocycles. The summed E-state index contributed by atoms with van der Waals surface area (Å²) in [6.07, 6.45) is 2.49. The Morgan fingerprint density at radius 2 is 1.90 bits per heavy atom. The molecular formula is C17H23N3O. The molecule has 4 heteroatoms. The van der Waals surface area contributed by atoms with Gasteiger partial charge in [-0.05, 0) is 23.5 Å². The van der Waals surface area contributed by atoms with E-state index in [1.165, 1.54) is 17.5 Å². The lowest BCUT2D eigenvalue weighted by atomic mass is 10.0. The average Bonchev–Trinajstić information content (AvgIpc) is 2.52. The first kappa shape index (κ1) is 15.3. The number of nitrogens with one attached hydrogen (secondary N) is 1. The van der Waals surface area contributed by atoms with Crippen molar-refractivity contribution in [3.63, 3.8) is 0 Å². The van der Waals surface area contributed by atoms with Crippen molar-refractivity contribution in [2.45, 2.75) is 39.7 Å². The Morgan fingerprint density at radius 3 is 2.57 bits per heavy atom. The second-order valence-electron chi connectivity index (χ2n) is 5.34. The van der Waals surface area contributed by atoms with Crippen LogP contribution in [0.15, 0.2) is 36.7 Å². The maximum Gasteiger partial charge on any atom is 0.218 e. The fraction of sp³-hybridized carbons (Fsp3) is 0.412. The summed E-state index contributed by atoms with van der Waals surface area (Å²) in [4.78, 5) is 8.30. The lowest BCUT2D eigenvalue weighted by Gasteiger charge is -2.09. The first-order valence-electron chi connectivity index (χ1n) is 7.46. The second-order valence-corrected chi connectivity index (χ2v) is 5.34. The highest BCUT2D eigenvalue weighted by Gasteiger charge is 2.01. The Morgan fingerprint density at radius 1 is 1.14 bits per heavy atom. The van der Waals surface area contributed by atoms with E-state index in [2.05, 4.69) is 60.3 Å². The molecule has 1 heterocycles. The Bertz CT molecular complexity index is 552. The van der Waals surface area contributed by atoms with Crippen LogP contribution in [-0.2, 0) is 6.54 Å². The molecule has 21 heavy (non-hydrogen) atoms. The van der Waals surface area contributed by atoms with Crippen LogP contribution >= 0.6 is 0 Å². The van der Waals surface area contributed by atoms with Gasteiger partial charge in [-0.2, -0.15) is 0 Å². The maximum atomic E-state index is 5.50. The van der Waals surface area contributed by atoms with Gasteiger partial charge in [0.15, 0.2) is 0 Å². The van der Waals surface area contributed by atoms with Crippen molar-refractivity contribution in [2.75, 3.05) is 11.9 Å². The zero-order valence-corrected chi connectivity index (χ0v) is 13.0. The number of anilines is 1. The van der Waals surface area contributed by atoms with E-state index in [4.69, 9.17) is 4.74 Å². The molecule has 0 fully saturated rings. The third kappa shape index (κ3) is 4.74. The molecule has 4 nitrogen and oxygen atoms in total. The van der Waals surface area contributed by atoms with E-state index in [-0.39, 0.29) is 0 Å². The first-order valence-corrected chi connectivity index (χ1v) is 7.46. The van der Waals surface area contributed by atoms with Crippen LogP contribution in [0.3, 0.4) is 0 Å².